The molecule has 2 aromatic rings. The van der Waals surface area contributed by atoms with Crippen molar-refractivity contribution in [2.75, 3.05) is 37.6 Å². The van der Waals surface area contributed by atoms with Crippen LogP contribution in [0.1, 0.15) is 22.5 Å². The summed E-state index contributed by atoms with van der Waals surface area (Å²) >= 11 is 1.71. The summed E-state index contributed by atoms with van der Waals surface area (Å²) in [6.45, 7) is 10.8. The Hall–Kier alpha value is -2.15. The molecule has 1 fully saturated rings. The number of nitrogens with one attached hydrogen (secondary N) is 1. The fourth-order valence-corrected chi connectivity index (χ4v) is 3.90. The summed E-state index contributed by atoms with van der Waals surface area (Å²) in [6.07, 6.45) is 0. The van der Waals surface area contributed by atoms with Crippen LogP contribution in [0.3, 0.4) is 0 Å². The van der Waals surface area contributed by atoms with E-state index in [-0.39, 0.29) is 5.82 Å². The molecule has 1 aromatic carbocycles. The van der Waals surface area contributed by atoms with Crippen LogP contribution in [0.15, 0.2) is 29.3 Å². The Morgan fingerprint density at radius 2 is 1.96 bits per heavy atom. The first-order chi connectivity index (χ1) is 12.6. The van der Waals surface area contributed by atoms with Gasteiger partial charge in [-0.05, 0) is 32.9 Å². The standard InChI is InChI=1S/C19H26FN5S/c1-4-21-19(22-13-18-23-14(2)15(3)26-18)25-11-9-24(10-12-25)17-8-6-5-7-16(17)20/h5-8H,4,9-13H2,1-3H3,(H,21,22). The van der Waals surface area contributed by atoms with Crippen LogP contribution in [-0.2, 0) is 6.54 Å². The average Bonchev–Trinajstić information content (AvgIpc) is 2.97. The van der Waals surface area contributed by atoms with Crippen LogP contribution < -0.4 is 10.2 Å². The monoisotopic (exact) mass is 375 g/mol. The predicted octanol–water partition coefficient (Wildman–Crippen LogP) is 3.19. The number of hydrogen-bond acceptors (Lipinski definition) is 4. The number of aryl methyl sites for hydroxylation is 2. The Kier molecular flexibility index (Phi) is 6.08. The molecule has 1 aromatic heterocycles. The maximum atomic E-state index is 14.0. The number of thiazole rings is 1. The molecule has 5 nitrogen and oxygen atoms in total. The first-order valence-corrected chi connectivity index (χ1v) is 9.85. The lowest BCUT2D eigenvalue weighted by Crippen LogP contribution is -2.52. The molecule has 2 heterocycles. The summed E-state index contributed by atoms with van der Waals surface area (Å²) in [5.41, 5.74) is 1.77. The zero-order valence-electron chi connectivity index (χ0n) is 15.6. The second-order valence-electron chi connectivity index (χ2n) is 6.34. The molecule has 0 unspecified atom stereocenters. The van der Waals surface area contributed by atoms with Crippen molar-refractivity contribution in [3.8, 4) is 0 Å². The van der Waals surface area contributed by atoms with Gasteiger partial charge < -0.3 is 15.1 Å². The molecule has 0 amide bonds. The number of anilines is 1. The van der Waals surface area contributed by atoms with E-state index in [1.54, 1.807) is 17.4 Å². The quantitative estimate of drug-likeness (QED) is 0.658. The molecule has 3 rings (SSSR count). The molecule has 7 heteroatoms. The van der Waals surface area contributed by atoms with Crippen molar-refractivity contribution >= 4 is 23.0 Å². The molecule has 0 bridgehead atoms. The molecular formula is C19H26FN5S. The molecule has 0 saturated carbocycles. The van der Waals surface area contributed by atoms with Gasteiger partial charge in [-0.1, -0.05) is 12.1 Å². The van der Waals surface area contributed by atoms with Gasteiger partial charge in [0.2, 0.25) is 0 Å². The van der Waals surface area contributed by atoms with E-state index >= 15 is 0 Å². The lowest BCUT2D eigenvalue weighted by atomic mass is 10.2. The van der Waals surface area contributed by atoms with E-state index in [9.17, 15) is 4.39 Å². The largest absolute Gasteiger partial charge is 0.366 e. The van der Waals surface area contributed by atoms with Gasteiger partial charge in [-0.25, -0.2) is 14.4 Å². The van der Waals surface area contributed by atoms with Gasteiger partial charge in [0.1, 0.15) is 10.8 Å². The molecule has 26 heavy (non-hydrogen) atoms. The number of aromatic nitrogens is 1. The number of halogens is 1. The average molecular weight is 376 g/mol. The molecule has 1 aliphatic rings. The minimum absolute atomic E-state index is 0.156. The number of para-hydroxylation sites is 1. The molecule has 140 valence electrons. The smallest absolute Gasteiger partial charge is 0.194 e. The van der Waals surface area contributed by atoms with Crippen molar-refractivity contribution in [1.82, 2.24) is 15.2 Å². The fraction of sp³-hybridized carbons (Fsp3) is 0.474. The third-order valence-corrected chi connectivity index (χ3v) is 5.60. The molecule has 0 radical (unpaired) electrons. The summed E-state index contributed by atoms with van der Waals surface area (Å²) in [5, 5.41) is 4.41. The second kappa shape index (κ2) is 8.49. The lowest BCUT2D eigenvalue weighted by molar-refractivity contribution is 0.370. The van der Waals surface area contributed by atoms with Crippen LogP contribution in [0.2, 0.25) is 0 Å². The third kappa shape index (κ3) is 4.33. The molecule has 0 atom stereocenters. The Morgan fingerprint density at radius 1 is 1.23 bits per heavy atom. The number of aliphatic imine (C=N–C) groups is 1. The van der Waals surface area contributed by atoms with E-state index < -0.39 is 0 Å². The van der Waals surface area contributed by atoms with E-state index in [0.717, 1.165) is 49.4 Å². The SMILES string of the molecule is CCNC(=NCc1nc(C)c(C)s1)N1CCN(c2ccccc2F)CC1. The van der Waals surface area contributed by atoms with E-state index in [4.69, 9.17) is 4.99 Å². The summed E-state index contributed by atoms with van der Waals surface area (Å²) < 4.78 is 14.0. The van der Waals surface area contributed by atoms with E-state index in [1.807, 2.05) is 19.1 Å². The number of hydrogen-bond donors (Lipinski definition) is 1. The Bertz CT molecular complexity index is 746. The van der Waals surface area contributed by atoms with E-state index in [2.05, 4.69) is 33.9 Å². The highest BCUT2D eigenvalue weighted by Gasteiger charge is 2.21. The van der Waals surface area contributed by atoms with Gasteiger partial charge in [-0.15, -0.1) is 11.3 Å². The van der Waals surface area contributed by atoms with Gasteiger partial charge in [0.15, 0.2) is 5.96 Å². The summed E-state index contributed by atoms with van der Waals surface area (Å²) in [7, 11) is 0. The molecule has 1 aliphatic heterocycles. The van der Waals surface area contributed by atoms with Gasteiger partial charge in [0.05, 0.1) is 17.9 Å². The zero-order valence-corrected chi connectivity index (χ0v) is 16.4. The highest BCUT2D eigenvalue weighted by molar-refractivity contribution is 7.11. The minimum atomic E-state index is -0.156. The maximum Gasteiger partial charge on any atom is 0.194 e. The highest BCUT2D eigenvalue weighted by atomic mass is 32.1. The van der Waals surface area contributed by atoms with Crippen molar-refractivity contribution in [1.29, 1.82) is 0 Å². The van der Waals surface area contributed by atoms with Crippen LogP contribution in [-0.4, -0.2) is 48.6 Å². The Labute approximate surface area is 158 Å². The van der Waals surface area contributed by atoms with Crippen molar-refractivity contribution in [2.45, 2.75) is 27.3 Å². The van der Waals surface area contributed by atoms with E-state index in [1.165, 1.54) is 10.9 Å². The molecule has 0 aliphatic carbocycles. The highest BCUT2D eigenvalue weighted by Crippen LogP contribution is 2.20. The molecule has 0 spiro atoms. The van der Waals surface area contributed by atoms with Crippen LogP contribution in [0.5, 0.6) is 0 Å². The Balaban J connectivity index is 1.64. The number of piperazine rings is 1. The van der Waals surface area contributed by atoms with Crippen molar-refractivity contribution < 1.29 is 4.39 Å². The molecule has 1 saturated heterocycles. The molecular weight excluding hydrogens is 349 g/mol. The van der Waals surface area contributed by atoms with E-state index in [0.29, 0.717) is 12.2 Å². The van der Waals surface area contributed by atoms with Gasteiger partial charge in [-0.2, -0.15) is 0 Å². The minimum Gasteiger partial charge on any atom is -0.366 e. The first-order valence-electron chi connectivity index (χ1n) is 9.04. The summed E-state index contributed by atoms with van der Waals surface area (Å²) in [4.78, 5) is 14.9. The third-order valence-electron chi connectivity index (χ3n) is 4.54. The van der Waals surface area contributed by atoms with Crippen LogP contribution in [0.25, 0.3) is 0 Å². The number of guanidine groups is 1. The van der Waals surface area contributed by atoms with Gasteiger partial charge in [-0.3, -0.25) is 0 Å². The predicted molar refractivity (Wildman–Crippen MR) is 107 cm³/mol. The normalized spacial score (nSPS) is 15.5. The summed E-state index contributed by atoms with van der Waals surface area (Å²) in [5.74, 6) is 0.752. The maximum absolute atomic E-state index is 14.0. The van der Waals surface area contributed by atoms with Crippen molar-refractivity contribution in [3.63, 3.8) is 0 Å². The number of benzene rings is 1. The van der Waals surface area contributed by atoms with Gasteiger partial charge in [0.25, 0.3) is 0 Å². The summed E-state index contributed by atoms with van der Waals surface area (Å²) in [6, 6.07) is 6.98. The second-order valence-corrected chi connectivity index (χ2v) is 7.63. The fourth-order valence-electron chi connectivity index (χ4n) is 3.04. The van der Waals surface area contributed by atoms with Gasteiger partial charge in [0, 0.05) is 37.6 Å². The van der Waals surface area contributed by atoms with Crippen molar-refractivity contribution in [2.24, 2.45) is 4.99 Å². The van der Waals surface area contributed by atoms with Crippen molar-refractivity contribution in [3.05, 3.63) is 45.7 Å². The topological polar surface area (TPSA) is 43.8 Å². The van der Waals surface area contributed by atoms with Crippen LogP contribution in [0.4, 0.5) is 10.1 Å². The number of nitrogens with zero attached hydrogens (tertiary/aromatic N) is 4. The van der Waals surface area contributed by atoms with Crippen LogP contribution >= 0.6 is 11.3 Å². The number of rotatable bonds is 4. The lowest BCUT2D eigenvalue weighted by Gasteiger charge is -2.37. The molecule has 1 N–H and O–H groups in total. The first kappa shape index (κ1) is 18.6. The van der Waals surface area contributed by atoms with Gasteiger partial charge >= 0.3 is 0 Å². The zero-order chi connectivity index (χ0) is 18.5. The van der Waals surface area contributed by atoms with Crippen LogP contribution in [0, 0.1) is 19.7 Å². The Morgan fingerprint density at radius 3 is 2.58 bits per heavy atom.